The molecule has 0 saturated carbocycles. The highest BCUT2D eigenvalue weighted by molar-refractivity contribution is 5.97. The number of amides is 1. The number of benzene rings is 1. The molecule has 0 radical (unpaired) electrons. The smallest absolute Gasteiger partial charge is 0.326 e. The third-order valence-corrected chi connectivity index (χ3v) is 2.67. The fourth-order valence-corrected chi connectivity index (χ4v) is 1.37. The van der Waals surface area contributed by atoms with Gasteiger partial charge in [0.2, 0.25) is 0 Å². The standard InChI is InChI=1S/C12H14FNO4/c1-7(12(16)17)14(2)11(15)8-5-4-6-9(18-3)10(8)13/h4-7H,1-3H3,(H,16,17). The number of aliphatic carboxylic acids is 1. The Hall–Kier alpha value is -2.11. The molecule has 0 heterocycles. The Bertz CT molecular complexity index is 475. The maximum atomic E-state index is 13.8. The predicted molar refractivity (Wildman–Crippen MR) is 62.1 cm³/mol. The third kappa shape index (κ3) is 2.58. The number of likely N-dealkylation sites (N-methyl/N-ethyl adjacent to an activating group) is 1. The van der Waals surface area contributed by atoms with Crippen molar-refractivity contribution in [1.82, 2.24) is 4.90 Å². The molecule has 98 valence electrons. The zero-order chi connectivity index (χ0) is 13.9. The van der Waals surface area contributed by atoms with Crippen molar-refractivity contribution in [3.05, 3.63) is 29.6 Å². The summed E-state index contributed by atoms with van der Waals surface area (Å²) in [7, 11) is 2.59. The molecule has 5 nitrogen and oxygen atoms in total. The number of carboxylic acids is 1. The van der Waals surface area contributed by atoms with Gasteiger partial charge in [0.1, 0.15) is 6.04 Å². The number of methoxy groups -OCH3 is 1. The Morgan fingerprint density at radius 1 is 1.44 bits per heavy atom. The first kappa shape index (κ1) is 14.0. The third-order valence-electron chi connectivity index (χ3n) is 2.67. The molecule has 0 aliphatic heterocycles. The van der Waals surface area contributed by atoms with Gasteiger partial charge >= 0.3 is 5.97 Å². The summed E-state index contributed by atoms with van der Waals surface area (Å²) in [5.41, 5.74) is -0.218. The van der Waals surface area contributed by atoms with Gasteiger partial charge in [0.25, 0.3) is 5.91 Å². The van der Waals surface area contributed by atoms with E-state index in [9.17, 15) is 14.0 Å². The van der Waals surface area contributed by atoms with Gasteiger partial charge in [-0.1, -0.05) is 6.07 Å². The first-order valence-corrected chi connectivity index (χ1v) is 5.22. The van der Waals surface area contributed by atoms with E-state index in [2.05, 4.69) is 0 Å². The Morgan fingerprint density at radius 2 is 2.06 bits per heavy atom. The van der Waals surface area contributed by atoms with Crippen LogP contribution in [0.1, 0.15) is 17.3 Å². The number of ether oxygens (including phenoxy) is 1. The van der Waals surface area contributed by atoms with E-state index >= 15 is 0 Å². The SMILES string of the molecule is COc1cccc(C(=O)N(C)C(C)C(=O)O)c1F. The number of carbonyl (C=O) groups excluding carboxylic acids is 1. The summed E-state index contributed by atoms with van der Waals surface area (Å²) in [5.74, 6) is -2.72. The van der Waals surface area contributed by atoms with Crippen LogP contribution in [0, 0.1) is 5.82 Å². The Balaban J connectivity index is 3.08. The number of carboxylic acid groups (broad SMARTS) is 1. The number of hydrogen-bond donors (Lipinski definition) is 1. The van der Waals surface area contributed by atoms with Crippen molar-refractivity contribution in [2.24, 2.45) is 0 Å². The molecular weight excluding hydrogens is 241 g/mol. The van der Waals surface area contributed by atoms with E-state index in [0.29, 0.717) is 0 Å². The van der Waals surface area contributed by atoms with Crippen LogP contribution in [0.15, 0.2) is 18.2 Å². The van der Waals surface area contributed by atoms with E-state index in [4.69, 9.17) is 9.84 Å². The van der Waals surface area contributed by atoms with Crippen LogP contribution in [0.3, 0.4) is 0 Å². The first-order chi connectivity index (χ1) is 8.40. The minimum atomic E-state index is -1.16. The molecule has 1 unspecified atom stereocenters. The number of nitrogens with zero attached hydrogens (tertiary/aromatic N) is 1. The topological polar surface area (TPSA) is 66.8 Å². The lowest BCUT2D eigenvalue weighted by atomic mass is 10.1. The molecule has 1 rings (SSSR count). The van der Waals surface area contributed by atoms with Crippen molar-refractivity contribution >= 4 is 11.9 Å². The lowest BCUT2D eigenvalue weighted by molar-refractivity contribution is -0.141. The van der Waals surface area contributed by atoms with Gasteiger partial charge in [-0.05, 0) is 19.1 Å². The van der Waals surface area contributed by atoms with E-state index in [1.54, 1.807) is 0 Å². The lowest BCUT2D eigenvalue weighted by Crippen LogP contribution is -2.40. The van der Waals surface area contributed by atoms with Gasteiger partial charge in [0.15, 0.2) is 11.6 Å². The van der Waals surface area contributed by atoms with Gasteiger partial charge < -0.3 is 14.7 Å². The molecule has 1 atom stereocenters. The molecule has 0 fully saturated rings. The van der Waals surface area contributed by atoms with Crippen molar-refractivity contribution in [3.8, 4) is 5.75 Å². The predicted octanol–water partition coefficient (Wildman–Crippen LogP) is 1.38. The highest BCUT2D eigenvalue weighted by Gasteiger charge is 2.25. The van der Waals surface area contributed by atoms with E-state index in [-0.39, 0.29) is 11.3 Å². The van der Waals surface area contributed by atoms with Crippen LogP contribution in [0.2, 0.25) is 0 Å². The molecule has 1 aromatic rings. The Labute approximate surface area is 104 Å². The summed E-state index contributed by atoms with van der Waals surface area (Å²) >= 11 is 0. The van der Waals surface area contributed by atoms with Crippen molar-refractivity contribution in [1.29, 1.82) is 0 Å². The van der Waals surface area contributed by atoms with Gasteiger partial charge in [-0.3, -0.25) is 4.79 Å². The fourth-order valence-electron chi connectivity index (χ4n) is 1.37. The minimum Gasteiger partial charge on any atom is -0.494 e. The molecule has 1 aromatic carbocycles. The quantitative estimate of drug-likeness (QED) is 0.882. The molecular formula is C12H14FNO4. The fraction of sp³-hybridized carbons (Fsp3) is 0.333. The van der Waals surface area contributed by atoms with E-state index < -0.39 is 23.7 Å². The van der Waals surface area contributed by atoms with Gasteiger partial charge in [-0.2, -0.15) is 0 Å². The van der Waals surface area contributed by atoms with Crippen LogP contribution >= 0.6 is 0 Å². The van der Waals surface area contributed by atoms with Crippen LogP contribution in [0.25, 0.3) is 0 Å². The van der Waals surface area contributed by atoms with Gasteiger partial charge in [-0.15, -0.1) is 0 Å². The molecule has 0 aliphatic carbocycles. The molecule has 0 spiro atoms. The van der Waals surface area contributed by atoms with E-state index in [1.165, 1.54) is 39.3 Å². The Kier molecular flexibility index (Phi) is 4.25. The Morgan fingerprint density at radius 3 is 2.56 bits per heavy atom. The average molecular weight is 255 g/mol. The second-order valence-electron chi connectivity index (χ2n) is 3.75. The second-order valence-corrected chi connectivity index (χ2v) is 3.75. The molecule has 0 bridgehead atoms. The van der Waals surface area contributed by atoms with E-state index in [0.717, 1.165) is 4.90 Å². The largest absolute Gasteiger partial charge is 0.494 e. The normalized spacial score (nSPS) is 11.8. The van der Waals surface area contributed by atoms with Crippen LogP contribution in [-0.2, 0) is 4.79 Å². The highest BCUT2D eigenvalue weighted by Crippen LogP contribution is 2.21. The highest BCUT2D eigenvalue weighted by atomic mass is 19.1. The van der Waals surface area contributed by atoms with Crippen LogP contribution in [0.5, 0.6) is 5.75 Å². The summed E-state index contributed by atoms with van der Waals surface area (Å²) in [4.78, 5) is 23.7. The molecule has 18 heavy (non-hydrogen) atoms. The maximum absolute atomic E-state index is 13.8. The zero-order valence-corrected chi connectivity index (χ0v) is 10.3. The summed E-state index contributed by atoms with van der Waals surface area (Å²) in [6.45, 7) is 1.35. The zero-order valence-electron chi connectivity index (χ0n) is 10.3. The second kappa shape index (κ2) is 5.48. The van der Waals surface area contributed by atoms with Crippen LogP contribution in [-0.4, -0.2) is 42.1 Å². The molecule has 0 aliphatic rings. The van der Waals surface area contributed by atoms with Crippen molar-refractivity contribution < 1.29 is 23.8 Å². The molecule has 1 amide bonds. The maximum Gasteiger partial charge on any atom is 0.326 e. The van der Waals surface area contributed by atoms with Crippen LogP contribution in [0.4, 0.5) is 4.39 Å². The summed E-state index contributed by atoms with van der Waals surface area (Å²) in [6, 6.07) is 3.09. The summed E-state index contributed by atoms with van der Waals surface area (Å²) < 4.78 is 18.6. The van der Waals surface area contributed by atoms with Gasteiger partial charge in [0, 0.05) is 7.05 Å². The average Bonchev–Trinajstić information content (AvgIpc) is 2.36. The van der Waals surface area contributed by atoms with E-state index in [1.807, 2.05) is 0 Å². The van der Waals surface area contributed by atoms with Gasteiger partial charge in [0.05, 0.1) is 12.7 Å². The van der Waals surface area contributed by atoms with Crippen LogP contribution < -0.4 is 4.74 Å². The lowest BCUT2D eigenvalue weighted by Gasteiger charge is -2.21. The molecule has 0 aromatic heterocycles. The molecule has 0 saturated heterocycles. The van der Waals surface area contributed by atoms with Crippen molar-refractivity contribution in [3.63, 3.8) is 0 Å². The number of carbonyl (C=O) groups is 2. The van der Waals surface area contributed by atoms with Crippen molar-refractivity contribution in [2.75, 3.05) is 14.2 Å². The number of halogens is 1. The minimum absolute atomic E-state index is 0.0581. The van der Waals surface area contributed by atoms with Crippen molar-refractivity contribution in [2.45, 2.75) is 13.0 Å². The monoisotopic (exact) mass is 255 g/mol. The summed E-state index contributed by atoms with van der Waals surface area (Å²) in [5, 5.41) is 8.81. The first-order valence-electron chi connectivity index (χ1n) is 5.22. The summed E-state index contributed by atoms with van der Waals surface area (Å²) in [6.07, 6.45) is 0. The molecule has 6 heteroatoms. The number of rotatable bonds is 4. The van der Waals surface area contributed by atoms with Gasteiger partial charge in [-0.25, -0.2) is 9.18 Å². The molecule has 1 N–H and O–H groups in total. The number of hydrogen-bond acceptors (Lipinski definition) is 3.